The fourth-order valence-electron chi connectivity index (χ4n) is 3.76. The molecule has 154 valence electrons. The molecule has 0 aliphatic rings. The summed E-state index contributed by atoms with van der Waals surface area (Å²) in [5.74, 6) is 1.22. The second-order valence-electron chi connectivity index (χ2n) is 7.81. The number of para-hydroxylation sites is 2. The van der Waals surface area contributed by atoms with Crippen molar-refractivity contribution in [2.45, 2.75) is 65.3 Å². The van der Waals surface area contributed by atoms with Gasteiger partial charge < -0.3 is 9.88 Å². The van der Waals surface area contributed by atoms with Crippen molar-refractivity contribution in [2.24, 2.45) is 0 Å². The summed E-state index contributed by atoms with van der Waals surface area (Å²) >= 11 is 0. The minimum atomic E-state index is 0.0198. The van der Waals surface area contributed by atoms with Gasteiger partial charge in [0.05, 0.1) is 11.0 Å². The van der Waals surface area contributed by atoms with Gasteiger partial charge in [-0.15, -0.1) is 0 Å². The Kier molecular flexibility index (Phi) is 7.85. The summed E-state index contributed by atoms with van der Waals surface area (Å²) in [5, 5.41) is 3.03. The van der Waals surface area contributed by atoms with Crippen LogP contribution in [0.15, 0.2) is 48.5 Å². The molecule has 0 aliphatic carbocycles. The maximum absolute atomic E-state index is 12.2. The molecule has 0 bridgehead atoms. The first kappa shape index (κ1) is 21.1. The summed E-state index contributed by atoms with van der Waals surface area (Å²) in [4.78, 5) is 17.1. The maximum atomic E-state index is 12.2. The molecular formula is C25H33N3O. The number of hydrogen-bond acceptors (Lipinski definition) is 2. The fourth-order valence-corrected chi connectivity index (χ4v) is 3.76. The molecule has 0 saturated carbocycles. The smallest absolute Gasteiger partial charge is 0.251 e. The third-order valence-electron chi connectivity index (χ3n) is 5.36. The lowest BCUT2D eigenvalue weighted by Gasteiger charge is -2.09. The Labute approximate surface area is 174 Å². The van der Waals surface area contributed by atoms with Gasteiger partial charge in [-0.25, -0.2) is 4.98 Å². The highest BCUT2D eigenvalue weighted by atomic mass is 16.1. The van der Waals surface area contributed by atoms with Gasteiger partial charge in [-0.3, -0.25) is 4.79 Å². The highest BCUT2D eigenvalue weighted by molar-refractivity contribution is 5.94. The van der Waals surface area contributed by atoms with E-state index in [4.69, 9.17) is 4.98 Å². The van der Waals surface area contributed by atoms with Crippen LogP contribution in [0.5, 0.6) is 0 Å². The summed E-state index contributed by atoms with van der Waals surface area (Å²) in [5.41, 5.74) is 4.21. The first-order valence-corrected chi connectivity index (χ1v) is 11.0. The van der Waals surface area contributed by atoms with Gasteiger partial charge in [-0.2, -0.15) is 0 Å². The summed E-state index contributed by atoms with van der Waals surface area (Å²) in [6.07, 6.45) is 7.86. The summed E-state index contributed by atoms with van der Waals surface area (Å²) in [6, 6.07) is 16.2. The first-order valence-electron chi connectivity index (χ1n) is 11.0. The number of rotatable bonds is 11. The van der Waals surface area contributed by atoms with Crippen LogP contribution in [0.3, 0.4) is 0 Å². The average Bonchev–Trinajstić information content (AvgIpc) is 3.08. The molecule has 1 amide bonds. The van der Waals surface area contributed by atoms with Crippen molar-refractivity contribution in [1.82, 2.24) is 14.9 Å². The van der Waals surface area contributed by atoms with Crippen molar-refractivity contribution >= 4 is 16.9 Å². The van der Waals surface area contributed by atoms with Crippen molar-refractivity contribution in [3.05, 3.63) is 65.5 Å². The summed E-state index contributed by atoms with van der Waals surface area (Å²) in [7, 11) is 0. The molecule has 0 radical (unpaired) electrons. The van der Waals surface area contributed by atoms with Gasteiger partial charge in [-0.1, -0.05) is 56.0 Å². The lowest BCUT2D eigenvalue weighted by atomic mass is 10.1. The highest BCUT2D eigenvalue weighted by Gasteiger charge is 2.10. The minimum Gasteiger partial charge on any atom is -0.352 e. The Morgan fingerprint density at radius 1 is 1.00 bits per heavy atom. The van der Waals surface area contributed by atoms with E-state index < -0.39 is 0 Å². The zero-order valence-corrected chi connectivity index (χ0v) is 17.8. The topological polar surface area (TPSA) is 46.9 Å². The molecule has 0 fully saturated rings. The maximum Gasteiger partial charge on any atom is 0.251 e. The van der Waals surface area contributed by atoms with Crippen LogP contribution in [-0.2, 0) is 13.0 Å². The molecule has 1 N–H and O–H groups in total. The highest BCUT2D eigenvalue weighted by Crippen LogP contribution is 2.19. The summed E-state index contributed by atoms with van der Waals surface area (Å²) in [6.45, 7) is 6.02. The van der Waals surface area contributed by atoms with E-state index >= 15 is 0 Å². The number of aromatic nitrogens is 2. The van der Waals surface area contributed by atoms with Crippen molar-refractivity contribution < 1.29 is 4.79 Å². The average molecular weight is 392 g/mol. The van der Waals surface area contributed by atoms with E-state index in [1.54, 1.807) is 0 Å². The van der Waals surface area contributed by atoms with E-state index in [0.29, 0.717) is 0 Å². The molecule has 4 nitrogen and oxygen atoms in total. The predicted molar refractivity (Wildman–Crippen MR) is 120 cm³/mol. The van der Waals surface area contributed by atoms with Crippen molar-refractivity contribution in [1.29, 1.82) is 0 Å². The summed E-state index contributed by atoms with van der Waals surface area (Å²) < 4.78 is 2.41. The molecule has 4 heteroatoms. The first-order chi connectivity index (χ1) is 14.2. The van der Waals surface area contributed by atoms with Crippen LogP contribution >= 0.6 is 0 Å². The third kappa shape index (κ3) is 5.93. The normalized spacial score (nSPS) is 11.1. The van der Waals surface area contributed by atoms with E-state index in [-0.39, 0.29) is 5.91 Å². The van der Waals surface area contributed by atoms with Gasteiger partial charge >= 0.3 is 0 Å². The molecule has 3 aromatic rings. The number of unbranched alkanes of at least 4 members (excludes halogenated alkanes) is 4. The molecule has 0 atom stereocenters. The lowest BCUT2D eigenvalue weighted by molar-refractivity contribution is 0.0953. The number of nitrogens with zero attached hydrogens (tertiary/aromatic N) is 2. The molecule has 1 heterocycles. The fraction of sp³-hybridized carbons (Fsp3) is 0.440. The van der Waals surface area contributed by atoms with Gasteiger partial charge in [0.1, 0.15) is 5.82 Å². The molecular weight excluding hydrogens is 358 g/mol. The molecule has 0 saturated heterocycles. The van der Waals surface area contributed by atoms with Crippen LogP contribution in [0.1, 0.15) is 67.2 Å². The van der Waals surface area contributed by atoms with Crippen molar-refractivity contribution in [3.63, 3.8) is 0 Å². The minimum absolute atomic E-state index is 0.0198. The Morgan fingerprint density at radius 3 is 2.69 bits per heavy atom. The largest absolute Gasteiger partial charge is 0.352 e. The second-order valence-corrected chi connectivity index (χ2v) is 7.81. The second kappa shape index (κ2) is 10.8. The quantitative estimate of drug-likeness (QED) is 0.428. The standard InChI is InChI=1S/C25H33N3O/c1-3-4-10-18-28-23-15-8-7-14-22(23)27-24(28)16-6-5-9-17-26-25(29)21-13-11-12-20(2)19-21/h7-8,11-15,19H,3-6,9-10,16-18H2,1-2H3,(H,26,29). The molecule has 29 heavy (non-hydrogen) atoms. The number of fused-ring (bicyclic) bond motifs is 1. The number of benzene rings is 2. The molecule has 0 unspecified atom stereocenters. The van der Waals surface area contributed by atoms with Gasteiger partial charge in [0, 0.05) is 25.1 Å². The van der Waals surface area contributed by atoms with Gasteiger partial charge in [-0.05, 0) is 50.5 Å². The van der Waals surface area contributed by atoms with E-state index in [1.165, 1.54) is 30.6 Å². The predicted octanol–water partition coefficient (Wildman–Crippen LogP) is 5.68. The number of imidazole rings is 1. The molecule has 0 spiro atoms. The van der Waals surface area contributed by atoms with Crippen LogP contribution < -0.4 is 5.32 Å². The zero-order chi connectivity index (χ0) is 20.5. The Balaban J connectivity index is 1.46. The molecule has 3 rings (SSSR count). The van der Waals surface area contributed by atoms with Crippen molar-refractivity contribution in [3.8, 4) is 0 Å². The Morgan fingerprint density at radius 2 is 1.86 bits per heavy atom. The monoisotopic (exact) mass is 391 g/mol. The molecule has 1 aromatic heterocycles. The third-order valence-corrected chi connectivity index (χ3v) is 5.36. The van der Waals surface area contributed by atoms with E-state index in [2.05, 4.69) is 41.1 Å². The van der Waals surface area contributed by atoms with E-state index in [0.717, 1.165) is 55.4 Å². The van der Waals surface area contributed by atoms with E-state index in [9.17, 15) is 4.79 Å². The SMILES string of the molecule is CCCCCn1c(CCCCCNC(=O)c2cccc(C)c2)nc2ccccc21. The number of hydrogen-bond donors (Lipinski definition) is 1. The number of nitrogens with one attached hydrogen (secondary N) is 1. The van der Waals surface area contributed by atoms with Gasteiger partial charge in [0.2, 0.25) is 0 Å². The number of carbonyl (C=O) groups excluding carboxylic acids is 1. The van der Waals surface area contributed by atoms with Crippen LogP contribution in [0, 0.1) is 6.92 Å². The Hall–Kier alpha value is -2.62. The van der Waals surface area contributed by atoms with Crippen LogP contribution in [0.4, 0.5) is 0 Å². The van der Waals surface area contributed by atoms with E-state index in [1.807, 2.05) is 31.2 Å². The zero-order valence-electron chi connectivity index (χ0n) is 17.8. The molecule has 0 aliphatic heterocycles. The Bertz CT molecular complexity index is 929. The number of aryl methyl sites for hydroxylation is 3. The number of amides is 1. The van der Waals surface area contributed by atoms with Crippen LogP contribution in [0.25, 0.3) is 11.0 Å². The van der Waals surface area contributed by atoms with Gasteiger partial charge in [0.15, 0.2) is 0 Å². The van der Waals surface area contributed by atoms with Crippen LogP contribution in [-0.4, -0.2) is 22.0 Å². The lowest BCUT2D eigenvalue weighted by Crippen LogP contribution is -2.24. The van der Waals surface area contributed by atoms with Crippen LogP contribution in [0.2, 0.25) is 0 Å². The van der Waals surface area contributed by atoms with Gasteiger partial charge in [0.25, 0.3) is 5.91 Å². The van der Waals surface area contributed by atoms with Crippen molar-refractivity contribution in [2.75, 3.05) is 6.54 Å². The molecule has 2 aromatic carbocycles. The number of carbonyl (C=O) groups is 1.